The molecule has 1 unspecified atom stereocenters. The summed E-state index contributed by atoms with van der Waals surface area (Å²) >= 11 is 1.47. The summed E-state index contributed by atoms with van der Waals surface area (Å²) in [5.41, 5.74) is 0.988. The second kappa shape index (κ2) is 6.71. The van der Waals surface area contributed by atoms with Gasteiger partial charge < -0.3 is 10.6 Å². The zero-order valence-corrected chi connectivity index (χ0v) is 11.7. The number of thiazole rings is 1. The van der Waals surface area contributed by atoms with E-state index in [1.54, 1.807) is 0 Å². The summed E-state index contributed by atoms with van der Waals surface area (Å²) in [6, 6.07) is 0.232. The molecular formula is C12H21N3OS. The Morgan fingerprint density at radius 2 is 2.18 bits per heavy atom. The smallest absolute Gasteiger partial charge is 0.228 e. The number of nitrogens with zero attached hydrogens (tertiary/aromatic N) is 1. The monoisotopic (exact) mass is 255 g/mol. The fraction of sp³-hybridized carbons (Fsp3) is 0.667. The molecule has 1 heterocycles. The van der Waals surface area contributed by atoms with Crippen molar-refractivity contribution in [2.45, 2.75) is 40.2 Å². The Bertz CT molecular complexity index is 362. The first-order valence-corrected chi connectivity index (χ1v) is 6.92. The zero-order valence-electron chi connectivity index (χ0n) is 10.9. The second-order valence-electron chi connectivity index (χ2n) is 4.40. The number of nitrogens with one attached hydrogen (secondary N) is 2. The van der Waals surface area contributed by atoms with Gasteiger partial charge in [-0.05, 0) is 19.9 Å². The van der Waals surface area contributed by atoms with E-state index in [0.29, 0.717) is 5.13 Å². The fourth-order valence-electron chi connectivity index (χ4n) is 1.26. The molecule has 2 N–H and O–H groups in total. The number of anilines is 1. The van der Waals surface area contributed by atoms with Crippen molar-refractivity contribution in [1.29, 1.82) is 0 Å². The molecule has 17 heavy (non-hydrogen) atoms. The fourth-order valence-corrected chi connectivity index (χ4v) is 2.06. The molecule has 1 aromatic rings. The first-order chi connectivity index (χ1) is 8.04. The lowest BCUT2D eigenvalue weighted by Crippen LogP contribution is -2.20. The molecule has 1 amide bonds. The van der Waals surface area contributed by atoms with Crippen molar-refractivity contribution in [2.24, 2.45) is 5.92 Å². The van der Waals surface area contributed by atoms with E-state index >= 15 is 0 Å². The molecule has 4 nitrogen and oxygen atoms in total. The van der Waals surface area contributed by atoms with Gasteiger partial charge in [-0.15, -0.1) is 11.3 Å². The zero-order chi connectivity index (χ0) is 12.8. The van der Waals surface area contributed by atoms with Crippen molar-refractivity contribution in [1.82, 2.24) is 10.3 Å². The van der Waals surface area contributed by atoms with E-state index in [-0.39, 0.29) is 17.9 Å². The van der Waals surface area contributed by atoms with E-state index < -0.39 is 0 Å². The van der Waals surface area contributed by atoms with E-state index in [1.165, 1.54) is 11.3 Å². The van der Waals surface area contributed by atoms with Crippen LogP contribution in [0.3, 0.4) is 0 Å². The summed E-state index contributed by atoms with van der Waals surface area (Å²) < 4.78 is 0. The molecule has 0 aliphatic heterocycles. The third-order valence-corrected chi connectivity index (χ3v) is 3.20. The number of rotatable bonds is 6. The third-order valence-electron chi connectivity index (χ3n) is 2.42. The van der Waals surface area contributed by atoms with Crippen LogP contribution < -0.4 is 10.6 Å². The van der Waals surface area contributed by atoms with Crippen molar-refractivity contribution >= 4 is 22.4 Å². The summed E-state index contributed by atoms with van der Waals surface area (Å²) in [6.45, 7) is 8.94. The Balaban J connectivity index is 2.55. The van der Waals surface area contributed by atoms with Crippen LogP contribution in [0, 0.1) is 5.92 Å². The van der Waals surface area contributed by atoms with Gasteiger partial charge in [-0.2, -0.15) is 0 Å². The minimum atomic E-state index is -0.0158. The molecule has 0 radical (unpaired) electrons. The predicted octanol–water partition coefficient (Wildman–Crippen LogP) is 2.80. The van der Waals surface area contributed by atoms with Crippen LogP contribution in [0.5, 0.6) is 0 Å². The molecule has 0 aromatic carbocycles. The van der Waals surface area contributed by atoms with Gasteiger partial charge >= 0.3 is 0 Å². The molecular weight excluding hydrogens is 234 g/mol. The summed E-state index contributed by atoms with van der Waals surface area (Å²) in [5, 5.41) is 8.86. The molecule has 0 aliphatic carbocycles. The molecule has 1 aromatic heterocycles. The van der Waals surface area contributed by atoms with Gasteiger partial charge in [0.1, 0.15) is 0 Å². The third kappa shape index (κ3) is 4.44. The van der Waals surface area contributed by atoms with Crippen LogP contribution >= 0.6 is 11.3 Å². The molecule has 0 fully saturated rings. The number of amides is 1. The molecule has 0 bridgehead atoms. The quantitative estimate of drug-likeness (QED) is 0.822. The van der Waals surface area contributed by atoms with Crippen LogP contribution in [-0.2, 0) is 4.79 Å². The van der Waals surface area contributed by atoms with Crippen molar-refractivity contribution in [3.8, 4) is 0 Å². The molecule has 5 heteroatoms. The Morgan fingerprint density at radius 3 is 2.76 bits per heavy atom. The molecule has 0 aliphatic rings. The van der Waals surface area contributed by atoms with Gasteiger partial charge in [0.05, 0.1) is 5.69 Å². The number of hydrogen-bond donors (Lipinski definition) is 2. The standard InChI is InChI=1S/C12H21N3OS/c1-5-6-13-9(4)10-7-17-12(14-10)15-11(16)8(2)3/h7-9,13H,5-6H2,1-4H3,(H,14,15,16). The van der Waals surface area contributed by atoms with Crippen LogP contribution in [0.4, 0.5) is 5.13 Å². The average molecular weight is 255 g/mol. The minimum Gasteiger partial charge on any atom is -0.309 e. The highest BCUT2D eigenvalue weighted by molar-refractivity contribution is 7.13. The number of carbonyl (C=O) groups is 1. The van der Waals surface area contributed by atoms with Gasteiger partial charge in [0.2, 0.25) is 5.91 Å². The van der Waals surface area contributed by atoms with E-state index in [4.69, 9.17) is 0 Å². The van der Waals surface area contributed by atoms with Gasteiger partial charge in [-0.3, -0.25) is 4.79 Å². The molecule has 0 spiro atoms. The van der Waals surface area contributed by atoms with Gasteiger partial charge in [-0.1, -0.05) is 20.8 Å². The van der Waals surface area contributed by atoms with Crippen molar-refractivity contribution in [3.05, 3.63) is 11.1 Å². The lowest BCUT2D eigenvalue weighted by atomic mass is 10.2. The topological polar surface area (TPSA) is 54.0 Å². The second-order valence-corrected chi connectivity index (χ2v) is 5.26. The first kappa shape index (κ1) is 14.1. The van der Waals surface area contributed by atoms with Crippen LogP contribution in [0.2, 0.25) is 0 Å². The summed E-state index contributed by atoms with van der Waals surface area (Å²) in [4.78, 5) is 15.9. The highest BCUT2D eigenvalue weighted by atomic mass is 32.1. The maximum atomic E-state index is 11.5. The van der Waals surface area contributed by atoms with Crippen LogP contribution in [0.25, 0.3) is 0 Å². The molecule has 96 valence electrons. The van der Waals surface area contributed by atoms with Gasteiger partial charge in [0.25, 0.3) is 0 Å². The van der Waals surface area contributed by atoms with Gasteiger partial charge in [0.15, 0.2) is 5.13 Å². The average Bonchev–Trinajstić information content (AvgIpc) is 2.74. The number of aromatic nitrogens is 1. The van der Waals surface area contributed by atoms with E-state index in [9.17, 15) is 4.79 Å². The minimum absolute atomic E-state index is 0.0140. The lowest BCUT2D eigenvalue weighted by Gasteiger charge is -2.09. The number of carbonyl (C=O) groups excluding carboxylic acids is 1. The van der Waals surface area contributed by atoms with Crippen LogP contribution in [0.15, 0.2) is 5.38 Å². The van der Waals surface area contributed by atoms with E-state index in [0.717, 1.165) is 18.7 Å². The van der Waals surface area contributed by atoms with Crippen molar-refractivity contribution < 1.29 is 4.79 Å². The Morgan fingerprint density at radius 1 is 1.47 bits per heavy atom. The van der Waals surface area contributed by atoms with E-state index in [2.05, 4.69) is 29.5 Å². The maximum Gasteiger partial charge on any atom is 0.228 e. The SMILES string of the molecule is CCCNC(C)c1csc(NC(=O)C(C)C)n1. The highest BCUT2D eigenvalue weighted by Crippen LogP contribution is 2.20. The molecule has 0 saturated heterocycles. The summed E-state index contributed by atoms with van der Waals surface area (Å²) in [6.07, 6.45) is 1.10. The summed E-state index contributed by atoms with van der Waals surface area (Å²) in [7, 11) is 0. The normalized spacial score (nSPS) is 12.8. The molecule has 1 rings (SSSR count). The lowest BCUT2D eigenvalue weighted by molar-refractivity contribution is -0.118. The Kier molecular flexibility index (Phi) is 5.58. The maximum absolute atomic E-state index is 11.5. The Hall–Kier alpha value is -0.940. The van der Waals surface area contributed by atoms with Crippen molar-refractivity contribution in [2.75, 3.05) is 11.9 Å². The van der Waals surface area contributed by atoms with Gasteiger partial charge in [0, 0.05) is 17.3 Å². The molecule has 0 saturated carbocycles. The first-order valence-electron chi connectivity index (χ1n) is 6.04. The van der Waals surface area contributed by atoms with Crippen LogP contribution in [-0.4, -0.2) is 17.4 Å². The highest BCUT2D eigenvalue weighted by Gasteiger charge is 2.12. The van der Waals surface area contributed by atoms with Gasteiger partial charge in [-0.25, -0.2) is 4.98 Å². The van der Waals surface area contributed by atoms with E-state index in [1.807, 2.05) is 19.2 Å². The van der Waals surface area contributed by atoms with Crippen molar-refractivity contribution in [3.63, 3.8) is 0 Å². The number of hydrogen-bond acceptors (Lipinski definition) is 4. The molecule has 1 atom stereocenters. The predicted molar refractivity (Wildman–Crippen MR) is 72.3 cm³/mol. The largest absolute Gasteiger partial charge is 0.309 e. The van der Waals surface area contributed by atoms with Crippen LogP contribution in [0.1, 0.15) is 45.9 Å². The summed E-state index contributed by atoms with van der Waals surface area (Å²) in [5.74, 6) is -0.00180. The Labute approximate surface area is 107 Å².